The molecule has 3 fully saturated rings. The summed E-state index contributed by atoms with van der Waals surface area (Å²) in [5.74, 6) is -0.774. The van der Waals surface area contributed by atoms with Crippen molar-refractivity contribution in [2.75, 3.05) is 26.2 Å². The van der Waals surface area contributed by atoms with Crippen molar-refractivity contribution in [3.05, 3.63) is 0 Å². The van der Waals surface area contributed by atoms with Crippen LogP contribution in [-0.2, 0) is 14.3 Å². The summed E-state index contributed by atoms with van der Waals surface area (Å²) in [5, 5.41) is 0. The number of carbonyl (C=O) groups excluding carboxylic acids is 2. The minimum absolute atomic E-state index is 0.0317. The fourth-order valence-corrected chi connectivity index (χ4v) is 4.99. The molecule has 1 aliphatic heterocycles. The van der Waals surface area contributed by atoms with Crippen LogP contribution in [0.5, 0.6) is 0 Å². The van der Waals surface area contributed by atoms with E-state index in [2.05, 4.69) is 4.90 Å². The summed E-state index contributed by atoms with van der Waals surface area (Å²) < 4.78 is 33.3. The minimum atomic E-state index is -1.38. The first-order valence-electron chi connectivity index (χ1n) is 10.8. The summed E-state index contributed by atoms with van der Waals surface area (Å²) in [6.07, 6.45) is 1.12. The first-order valence-corrected chi connectivity index (χ1v) is 10.8. The highest BCUT2D eigenvalue weighted by Crippen LogP contribution is 2.32. The second kappa shape index (κ2) is 9.61. The standard InChI is InChI=1S/C21H34F2N2O3/c1-14(21(27)19-8-3-16(22)13-20(19)23)28-18-6-4-17(5-7-18)25-11-9-24(10-12-25)15(2)26/h14,16-20H,3-13H2,1-2H3. The van der Waals surface area contributed by atoms with Crippen molar-refractivity contribution in [3.63, 3.8) is 0 Å². The molecule has 0 spiro atoms. The van der Waals surface area contributed by atoms with E-state index in [1.165, 1.54) is 0 Å². The minimum Gasteiger partial charge on any atom is -0.367 e. The molecule has 0 aromatic rings. The summed E-state index contributed by atoms with van der Waals surface area (Å²) in [7, 11) is 0. The molecule has 2 saturated carbocycles. The molecule has 0 N–H and O–H groups in total. The van der Waals surface area contributed by atoms with Crippen molar-refractivity contribution in [2.24, 2.45) is 5.92 Å². The van der Waals surface area contributed by atoms with E-state index in [0.717, 1.165) is 51.9 Å². The molecule has 7 heteroatoms. The lowest BCUT2D eigenvalue weighted by molar-refractivity contribution is -0.143. The average molecular weight is 401 g/mol. The van der Waals surface area contributed by atoms with Crippen molar-refractivity contribution >= 4 is 11.7 Å². The number of ketones is 1. The Morgan fingerprint density at radius 3 is 2.18 bits per heavy atom. The van der Waals surface area contributed by atoms with Gasteiger partial charge in [0.1, 0.15) is 18.4 Å². The molecule has 5 nitrogen and oxygen atoms in total. The Labute approximate surface area is 166 Å². The number of hydrogen-bond donors (Lipinski definition) is 0. The molecule has 0 aromatic heterocycles. The summed E-state index contributed by atoms with van der Waals surface area (Å²) in [6.45, 7) is 6.75. The van der Waals surface area contributed by atoms with Gasteiger partial charge in [-0.2, -0.15) is 0 Å². The lowest BCUT2D eigenvalue weighted by Crippen LogP contribution is -2.52. The fraction of sp³-hybridized carbons (Fsp3) is 0.905. The Balaban J connectivity index is 1.40. The number of Topliss-reactive ketones (excluding diaryl/α,β-unsaturated/α-hetero) is 1. The van der Waals surface area contributed by atoms with Gasteiger partial charge in [-0.1, -0.05) is 0 Å². The van der Waals surface area contributed by atoms with Gasteiger partial charge in [0.05, 0.1) is 12.0 Å². The predicted molar refractivity (Wildman–Crippen MR) is 103 cm³/mol. The van der Waals surface area contributed by atoms with Crippen LogP contribution >= 0.6 is 0 Å². The molecule has 28 heavy (non-hydrogen) atoms. The summed E-state index contributed by atoms with van der Waals surface area (Å²) in [6, 6.07) is 0.509. The molecule has 2 aliphatic carbocycles. The topological polar surface area (TPSA) is 49.9 Å². The van der Waals surface area contributed by atoms with Crippen LogP contribution < -0.4 is 0 Å². The van der Waals surface area contributed by atoms with Crippen LogP contribution in [0.2, 0.25) is 0 Å². The van der Waals surface area contributed by atoms with Crippen LogP contribution in [0.25, 0.3) is 0 Å². The van der Waals surface area contributed by atoms with Crippen molar-refractivity contribution in [2.45, 2.75) is 89.4 Å². The van der Waals surface area contributed by atoms with E-state index in [9.17, 15) is 18.4 Å². The van der Waals surface area contributed by atoms with Crippen LogP contribution in [0, 0.1) is 5.92 Å². The summed E-state index contributed by atoms with van der Waals surface area (Å²) >= 11 is 0. The van der Waals surface area contributed by atoms with E-state index in [1.54, 1.807) is 13.8 Å². The maximum Gasteiger partial charge on any atom is 0.219 e. The van der Waals surface area contributed by atoms with Gasteiger partial charge in [-0.25, -0.2) is 8.78 Å². The molecule has 3 rings (SSSR count). The third-order valence-electron chi connectivity index (χ3n) is 6.79. The summed E-state index contributed by atoms with van der Waals surface area (Å²) in [5.41, 5.74) is 0. The summed E-state index contributed by atoms with van der Waals surface area (Å²) in [4.78, 5) is 28.4. The van der Waals surface area contributed by atoms with Crippen LogP contribution in [0.15, 0.2) is 0 Å². The molecule has 0 aromatic carbocycles. The quantitative estimate of drug-likeness (QED) is 0.712. The monoisotopic (exact) mass is 400 g/mol. The molecule has 0 bridgehead atoms. The maximum atomic E-state index is 14.1. The molecular formula is C21H34F2N2O3. The van der Waals surface area contributed by atoms with E-state index in [-0.39, 0.29) is 37.1 Å². The molecule has 1 saturated heterocycles. The van der Waals surface area contributed by atoms with Crippen molar-refractivity contribution in [1.29, 1.82) is 0 Å². The number of alkyl halides is 2. The first kappa shape index (κ1) is 21.6. The second-order valence-electron chi connectivity index (χ2n) is 8.69. The van der Waals surface area contributed by atoms with E-state index >= 15 is 0 Å². The first-order chi connectivity index (χ1) is 13.3. The average Bonchev–Trinajstić information content (AvgIpc) is 2.68. The lowest BCUT2D eigenvalue weighted by atomic mass is 9.82. The highest BCUT2D eigenvalue weighted by atomic mass is 19.1. The Hall–Kier alpha value is -1.08. The van der Waals surface area contributed by atoms with E-state index in [0.29, 0.717) is 6.04 Å². The van der Waals surface area contributed by atoms with Gasteiger partial charge in [-0.05, 0) is 45.4 Å². The number of ether oxygens (including phenoxy) is 1. The van der Waals surface area contributed by atoms with Gasteiger partial charge in [-0.3, -0.25) is 14.5 Å². The Morgan fingerprint density at radius 1 is 0.964 bits per heavy atom. The van der Waals surface area contributed by atoms with Gasteiger partial charge >= 0.3 is 0 Å². The smallest absolute Gasteiger partial charge is 0.219 e. The van der Waals surface area contributed by atoms with Crippen molar-refractivity contribution in [3.8, 4) is 0 Å². The van der Waals surface area contributed by atoms with E-state index in [1.807, 2.05) is 4.90 Å². The van der Waals surface area contributed by atoms with Gasteiger partial charge in [0.2, 0.25) is 5.91 Å². The van der Waals surface area contributed by atoms with Gasteiger partial charge in [0, 0.05) is 45.6 Å². The molecule has 1 amide bonds. The highest BCUT2D eigenvalue weighted by Gasteiger charge is 2.38. The number of piperazine rings is 1. The molecule has 4 atom stereocenters. The van der Waals surface area contributed by atoms with Crippen LogP contribution in [0.1, 0.15) is 58.8 Å². The van der Waals surface area contributed by atoms with Crippen molar-refractivity contribution in [1.82, 2.24) is 9.80 Å². The highest BCUT2D eigenvalue weighted by molar-refractivity contribution is 5.85. The Morgan fingerprint density at radius 2 is 1.61 bits per heavy atom. The molecule has 3 aliphatic rings. The molecular weight excluding hydrogens is 366 g/mol. The van der Waals surface area contributed by atoms with Gasteiger partial charge in [0.25, 0.3) is 0 Å². The fourth-order valence-electron chi connectivity index (χ4n) is 4.99. The number of halogens is 2. The third-order valence-corrected chi connectivity index (χ3v) is 6.79. The normalized spacial score (nSPS) is 36.1. The molecule has 4 unspecified atom stereocenters. The molecule has 160 valence electrons. The zero-order valence-corrected chi connectivity index (χ0v) is 17.1. The van der Waals surface area contributed by atoms with Crippen LogP contribution in [-0.4, -0.2) is 78.3 Å². The Kier molecular flexibility index (Phi) is 7.42. The number of amides is 1. The van der Waals surface area contributed by atoms with Crippen molar-refractivity contribution < 1.29 is 23.1 Å². The molecule has 1 heterocycles. The number of rotatable bonds is 5. The molecule has 0 radical (unpaired) electrons. The Bertz CT molecular complexity index is 546. The lowest BCUT2D eigenvalue weighted by Gasteiger charge is -2.42. The zero-order chi connectivity index (χ0) is 20.3. The number of nitrogens with zero attached hydrogens (tertiary/aromatic N) is 2. The number of hydrogen-bond acceptors (Lipinski definition) is 4. The van der Waals surface area contributed by atoms with Crippen LogP contribution in [0.4, 0.5) is 8.78 Å². The van der Waals surface area contributed by atoms with Gasteiger partial charge in [0.15, 0.2) is 5.78 Å². The van der Waals surface area contributed by atoms with E-state index in [4.69, 9.17) is 4.74 Å². The largest absolute Gasteiger partial charge is 0.367 e. The SMILES string of the molecule is CC(=O)N1CCN(C2CCC(OC(C)C(=O)C3CCC(F)CC3F)CC2)CC1. The van der Waals surface area contributed by atoms with Crippen LogP contribution in [0.3, 0.4) is 0 Å². The van der Waals surface area contributed by atoms with Gasteiger partial charge in [-0.15, -0.1) is 0 Å². The van der Waals surface area contributed by atoms with E-state index < -0.39 is 24.4 Å². The predicted octanol–water partition coefficient (Wildman–Crippen LogP) is 2.91. The number of carbonyl (C=O) groups is 2. The zero-order valence-electron chi connectivity index (χ0n) is 17.1. The maximum absolute atomic E-state index is 14.1. The third kappa shape index (κ3) is 5.29. The second-order valence-corrected chi connectivity index (χ2v) is 8.69. The van der Waals surface area contributed by atoms with Gasteiger partial charge < -0.3 is 9.64 Å².